The van der Waals surface area contributed by atoms with Crippen LogP contribution in [-0.4, -0.2) is 26.4 Å². The molecule has 0 radical (unpaired) electrons. The maximum atomic E-state index is 6.90. The van der Waals surface area contributed by atoms with Crippen LogP contribution in [0.3, 0.4) is 0 Å². The molecule has 0 amide bonds. The monoisotopic (exact) mass is 596 g/mol. The smallest absolute Gasteiger partial charge is 0.229 e. The van der Waals surface area contributed by atoms with E-state index in [0.717, 1.165) is 6.42 Å². The molecule has 3 rings (SSSR count). The highest BCUT2D eigenvalue weighted by atomic mass is 127. The van der Waals surface area contributed by atoms with Crippen molar-refractivity contribution >= 4 is 54.5 Å². The van der Waals surface area contributed by atoms with Gasteiger partial charge in [0.2, 0.25) is 8.07 Å². The average Bonchev–Trinajstić information content (AvgIpc) is 2.80. The SMILES string of the molecule is CC(I)CC(C#C[Si](c1ccccc1)(c1ccccc1)c1ccccc1)O[Si](C)(C)C(C)(C)C. The number of hydrogen-bond donors (Lipinski definition) is 0. The first kappa shape index (κ1) is 26.9. The molecule has 0 saturated heterocycles. The van der Waals surface area contributed by atoms with E-state index in [9.17, 15) is 0 Å². The summed E-state index contributed by atoms with van der Waals surface area (Å²) in [5.74, 6) is 3.74. The summed E-state index contributed by atoms with van der Waals surface area (Å²) in [4.78, 5) is 0. The highest BCUT2D eigenvalue weighted by molar-refractivity contribution is 14.1. The van der Waals surface area contributed by atoms with E-state index in [0.29, 0.717) is 3.92 Å². The Bertz CT molecular complexity index is 998. The molecule has 34 heavy (non-hydrogen) atoms. The van der Waals surface area contributed by atoms with Gasteiger partial charge in [0.25, 0.3) is 0 Å². The number of alkyl halides is 1. The van der Waals surface area contributed by atoms with Crippen LogP contribution in [0.1, 0.15) is 34.1 Å². The Morgan fingerprint density at radius 3 is 1.47 bits per heavy atom. The Hall–Kier alpha value is -1.66. The van der Waals surface area contributed by atoms with Gasteiger partial charge in [-0.1, -0.05) is 147 Å². The molecular formula is C30H37IOSi2. The molecule has 0 aliphatic carbocycles. The van der Waals surface area contributed by atoms with Gasteiger partial charge in [-0.2, -0.15) is 0 Å². The minimum atomic E-state index is -2.59. The van der Waals surface area contributed by atoms with Crippen molar-refractivity contribution in [3.8, 4) is 11.5 Å². The van der Waals surface area contributed by atoms with Crippen molar-refractivity contribution in [3.63, 3.8) is 0 Å². The molecule has 4 heteroatoms. The topological polar surface area (TPSA) is 9.23 Å². The van der Waals surface area contributed by atoms with Crippen LogP contribution in [0.25, 0.3) is 0 Å². The lowest BCUT2D eigenvalue weighted by Gasteiger charge is -2.38. The van der Waals surface area contributed by atoms with Gasteiger partial charge in [-0.25, -0.2) is 0 Å². The van der Waals surface area contributed by atoms with Gasteiger partial charge in [0.05, 0.1) is 0 Å². The molecule has 3 aromatic rings. The van der Waals surface area contributed by atoms with Crippen LogP contribution in [0.15, 0.2) is 91.0 Å². The second-order valence-corrected chi connectivity index (χ2v) is 20.9. The average molecular weight is 597 g/mol. The highest BCUT2D eigenvalue weighted by Crippen LogP contribution is 2.37. The third kappa shape index (κ3) is 6.31. The lowest BCUT2D eigenvalue weighted by molar-refractivity contribution is 0.225. The van der Waals surface area contributed by atoms with E-state index in [-0.39, 0.29) is 11.1 Å². The molecule has 0 saturated carbocycles. The van der Waals surface area contributed by atoms with Crippen LogP contribution in [0, 0.1) is 11.5 Å². The number of halogens is 1. The predicted molar refractivity (Wildman–Crippen MR) is 162 cm³/mol. The van der Waals surface area contributed by atoms with Crippen LogP contribution in [0.2, 0.25) is 18.1 Å². The molecule has 0 aliphatic heterocycles. The van der Waals surface area contributed by atoms with E-state index < -0.39 is 16.4 Å². The van der Waals surface area contributed by atoms with Gasteiger partial charge in [0.15, 0.2) is 8.32 Å². The fraction of sp³-hybridized carbons (Fsp3) is 0.333. The first-order chi connectivity index (χ1) is 16.1. The molecule has 0 fully saturated rings. The Morgan fingerprint density at radius 2 is 1.15 bits per heavy atom. The molecule has 0 aromatic heterocycles. The predicted octanol–water partition coefficient (Wildman–Crippen LogP) is 6.30. The minimum absolute atomic E-state index is 0.0733. The second kappa shape index (κ2) is 11.4. The fourth-order valence-electron chi connectivity index (χ4n) is 3.93. The van der Waals surface area contributed by atoms with E-state index in [4.69, 9.17) is 4.43 Å². The molecule has 2 atom stereocenters. The van der Waals surface area contributed by atoms with Gasteiger partial charge in [0, 0.05) is 3.92 Å². The first-order valence-electron chi connectivity index (χ1n) is 12.1. The largest absolute Gasteiger partial charge is 0.403 e. The van der Waals surface area contributed by atoms with Crippen molar-refractivity contribution in [2.75, 3.05) is 0 Å². The number of rotatable bonds is 7. The van der Waals surface area contributed by atoms with Crippen LogP contribution in [-0.2, 0) is 4.43 Å². The van der Waals surface area contributed by atoms with E-state index >= 15 is 0 Å². The lowest BCUT2D eigenvalue weighted by atomic mass is 10.2. The molecular weight excluding hydrogens is 559 g/mol. The molecule has 178 valence electrons. The Morgan fingerprint density at radius 1 is 0.765 bits per heavy atom. The standard InChI is InChI=1S/C30H37IOSi2/c1-25(31)24-26(32-33(5,6)30(2,3)4)22-23-34(27-16-10-7-11-17-27,28-18-12-8-13-19-28)29-20-14-9-15-21-29/h7-21,25-26H,24H2,1-6H3. The summed E-state index contributed by atoms with van der Waals surface area (Å²) in [6, 6.07) is 32.6. The van der Waals surface area contributed by atoms with E-state index in [2.05, 4.69) is 166 Å². The number of hydrogen-bond acceptors (Lipinski definition) is 1. The van der Waals surface area contributed by atoms with Crippen LogP contribution < -0.4 is 15.6 Å². The molecule has 1 nitrogen and oxygen atoms in total. The summed E-state index contributed by atoms with van der Waals surface area (Å²) in [7, 11) is -4.55. The van der Waals surface area contributed by atoms with Crippen molar-refractivity contribution in [1.82, 2.24) is 0 Å². The minimum Gasteiger partial charge on any atom is -0.403 e. The lowest BCUT2D eigenvalue weighted by Crippen LogP contribution is -2.66. The normalized spacial score (nSPS) is 14.1. The molecule has 0 spiro atoms. The van der Waals surface area contributed by atoms with Crippen molar-refractivity contribution in [3.05, 3.63) is 91.0 Å². The maximum Gasteiger partial charge on any atom is 0.229 e. The van der Waals surface area contributed by atoms with Crippen LogP contribution >= 0.6 is 22.6 Å². The molecule has 0 aliphatic rings. The third-order valence-electron chi connectivity index (χ3n) is 6.82. The molecule has 3 aromatic carbocycles. The van der Waals surface area contributed by atoms with Gasteiger partial charge in [0.1, 0.15) is 6.10 Å². The van der Waals surface area contributed by atoms with E-state index in [1.807, 2.05) is 0 Å². The summed E-state index contributed by atoms with van der Waals surface area (Å²) < 4.78 is 7.39. The summed E-state index contributed by atoms with van der Waals surface area (Å²) in [6.45, 7) is 13.8. The molecule has 0 heterocycles. The third-order valence-corrected chi connectivity index (χ3v) is 15.9. The molecule has 0 N–H and O–H groups in total. The molecule has 0 bridgehead atoms. The molecule has 2 unspecified atom stereocenters. The zero-order valence-electron chi connectivity index (χ0n) is 21.3. The van der Waals surface area contributed by atoms with Crippen molar-refractivity contribution < 1.29 is 4.43 Å². The zero-order valence-corrected chi connectivity index (χ0v) is 25.5. The fourth-order valence-corrected chi connectivity index (χ4v) is 9.50. The summed E-state index contributed by atoms with van der Waals surface area (Å²) in [5.41, 5.74) is 3.94. The van der Waals surface area contributed by atoms with Gasteiger partial charge in [-0.05, 0) is 40.1 Å². The summed E-state index contributed by atoms with van der Waals surface area (Å²) in [5, 5.41) is 4.09. The van der Waals surface area contributed by atoms with E-state index in [1.54, 1.807) is 0 Å². The Balaban J connectivity index is 2.23. The van der Waals surface area contributed by atoms with Gasteiger partial charge < -0.3 is 4.43 Å². The van der Waals surface area contributed by atoms with Crippen molar-refractivity contribution in [1.29, 1.82) is 0 Å². The van der Waals surface area contributed by atoms with Crippen LogP contribution in [0.4, 0.5) is 0 Å². The van der Waals surface area contributed by atoms with E-state index in [1.165, 1.54) is 15.6 Å². The Kier molecular flexibility index (Phi) is 9.02. The van der Waals surface area contributed by atoms with Crippen LogP contribution in [0.5, 0.6) is 0 Å². The van der Waals surface area contributed by atoms with Gasteiger partial charge in [-0.3, -0.25) is 0 Å². The maximum absolute atomic E-state index is 6.90. The zero-order chi connectivity index (χ0) is 24.8. The Labute approximate surface area is 222 Å². The second-order valence-electron chi connectivity index (χ2n) is 10.5. The van der Waals surface area contributed by atoms with Crippen molar-refractivity contribution in [2.24, 2.45) is 0 Å². The quantitative estimate of drug-likeness (QED) is 0.102. The summed E-state index contributed by atoms with van der Waals surface area (Å²) >= 11 is 2.50. The first-order valence-corrected chi connectivity index (χ1v) is 18.2. The summed E-state index contributed by atoms with van der Waals surface area (Å²) in [6.07, 6.45) is 0.860. The highest BCUT2D eigenvalue weighted by Gasteiger charge is 2.41. The van der Waals surface area contributed by atoms with Gasteiger partial charge >= 0.3 is 0 Å². The van der Waals surface area contributed by atoms with Crippen molar-refractivity contribution in [2.45, 2.75) is 62.3 Å². The van der Waals surface area contributed by atoms with Gasteiger partial charge in [-0.15, -0.1) is 5.54 Å². The number of benzene rings is 3.